The van der Waals surface area contributed by atoms with Crippen molar-refractivity contribution >= 4 is 38.9 Å². The summed E-state index contributed by atoms with van der Waals surface area (Å²) in [6, 6.07) is 1.72. The van der Waals surface area contributed by atoms with Crippen LogP contribution in [0.1, 0.15) is 26.2 Å². The molecule has 8 heteroatoms. The summed E-state index contributed by atoms with van der Waals surface area (Å²) in [6.07, 6.45) is 1.71. The predicted octanol–water partition coefficient (Wildman–Crippen LogP) is 2.32. The van der Waals surface area contributed by atoms with E-state index in [2.05, 4.69) is 4.72 Å². The quantitative estimate of drug-likeness (QED) is 0.809. The lowest BCUT2D eigenvalue weighted by Crippen LogP contribution is -2.40. The van der Waals surface area contributed by atoms with Gasteiger partial charge in [-0.25, -0.2) is 8.42 Å². The van der Waals surface area contributed by atoms with Crippen LogP contribution < -0.4 is 4.72 Å². The van der Waals surface area contributed by atoms with Gasteiger partial charge in [0.1, 0.15) is 10.3 Å². The molecular formula is C10H14ClNO4S2. The van der Waals surface area contributed by atoms with Gasteiger partial charge < -0.3 is 5.11 Å². The molecule has 0 amide bonds. The number of hydrogen-bond donors (Lipinski definition) is 2. The van der Waals surface area contributed by atoms with E-state index >= 15 is 0 Å². The molecule has 102 valence electrons. The highest BCUT2D eigenvalue weighted by Gasteiger charge is 2.25. The van der Waals surface area contributed by atoms with Crippen LogP contribution in [-0.2, 0) is 14.8 Å². The average Bonchev–Trinajstić information content (AvgIpc) is 2.71. The molecule has 1 atom stereocenters. The highest BCUT2D eigenvalue weighted by molar-refractivity contribution is 7.91. The van der Waals surface area contributed by atoms with Crippen LogP contribution in [0.25, 0.3) is 0 Å². The molecule has 5 nitrogen and oxygen atoms in total. The Morgan fingerprint density at radius 1 is 1.56 bits per heavy atom. The van der Waals surface area contributed by atoms with E-state index in [0.29, 0.717) is 10.8 Å². The van der Waals surface area contributed by atoms with E-state index < -0.39 is 22.0 Å². The largest absolute Gasteiger partial charge is 0.480 e. The molecule has 0 fully saturated rings. The number of thiophene rings is 1. The monoisotopic (exact) mass is 311 g/mol. The number of unbranched alkanes of at least 4 members (excludes halogenated alkanes) is 1. The number of rotatable bonds is 7. The lowest BCUT2D eigenvalue weighted by atomic mass is 10.1. The fraction of sp³-hybridized carbons (Fsp3) is 0.500. The van der Waals surface area contributed by atoms with Gasteiger partial charge in [-0.2, -0.15) is 4.72 Å². The van der Waals surface area contributed by atoms with Crippen molar-refractivity contribution in [3.05, 3.63) is 16.5 Å². The second kappa shape index (κ2) is 6.51. The molecular weight excluding hydrogens is 298 g/mol. The summed E-state index contributed by atoms with van der Waals surface area (Å²) in [4.78, 5) is 11.0. The molecule has 0 spiro atoms. The SMILES string of the molecule is CCCCC(NS(=O)(=O)c1ccc(Cl)s1)C(=O)O. The minimum Gasteiger partial charge on any atom is -0.480 e. The molecule has 0 saturated carbocycles. The van der Waals surface area contributed by atoms with Gasteiger partial charge in [-0.15, -0.1) is 11.3 Å². The van der Waals surface area contributed by atoms with Crippen LogP contribution in [-0.4, -0.2) is 25.5 Å². The number of hydrogen-bond acceptors (Lipinski definition) is 4. The summed E-state index contributed by atoms with van der Waals surface area (Å²) in [6.45, 7) is 1.91. The fourth-order valence-electron chi connectivity index (χ4n) is 1.33. The topological polar surface area (TPSA) is 83.5 Å². The van der Waals surface area contributed by atoms with Gasteiger partial charge in [-0.3, -0.25) is 4.79 Å². The zero-order chi connectivity index (χ0) is 13.8. The lowest BCUT2D eigenvalue weighted by molar-refractivity contribution is -0.139. The number of sulfonamides is 1. The van der Waals surface area contributed by atoms with Crippen LogP contribution >= 0.6 is 22.9 Å². The van der Waals surface area contributed by atoms with Crippen LogP contribution in [0.15, 0.2) is 16.3 Å². The van der Waals surface area contributed by atoms with Crippen LogP contribution in [0.5, 0.6) is 0 Å². The van der Waals surface area contributed by atoms with E-state index in [9.17, 15) is 13.2 Å². The first kappa shape index (κ1) is 15.4. The molecule has 1 heterocycles. The lowest BCUT2D eigenvalue weighted by Gasteiger charge is -2.13. The minimum atomic E-state index is -3.81. The van der Waals surface area contributed by atoms with E-state index in [1.807, 2.05) is 6.92 Å². The van der Waals surface area contributed by atoms with Crippen molar-refractivity contribution in [2.24, 2.45) is 0 Å². The summed E-state index contributed by atoms with van der Waals surface area (Å²) in [5.41, 5.74) is 0. The first-order valence-electron chi connectivity index (χ1n) is 5.37. The maximum absolute atomic E-state index is 11.9. The van der Waals surface area contributed by atoms with Gasteiger partial charge >= 0.3 is 5.97 Å². The third kappa shape index (κ3) is 4.24. The van der Waals surface area contributed by atoms with Crippen LogP contribution in [0.2, 0.25) is 4.34 Å². The molecule has 0 saturated heterocycles. The van der Waals surface area contributed by atoms with Crippen molar-refractivity contribution in [1.29, 1.82) is 0 Å². The summed E-state index contributed by atoms with van der Waals surface area (Å²) >= 11 is 6.55. The van der Waals surface area contributed by atoms with Crippen LogP contribution in [0.3, 0.4) is 0 Å². The first-order chi connectivity index (χ1) is 8.36. The Morgan fingerprint density at radius 2 is 2.22 bits per heavy atom. The van der Waals surface area contributed by atoms with Gasteiger partial charge in [0, 0.05) is 0 Å². The molecule has 1 unspecified atom stereocenters. The maximum Gasteiger partial charge on any atom is 0.321 e. The zero-order valence-corrected chi connectivity index (χ0v) is 12.1. The molecule has 0 radical (unpaired) electrons. The van der Waals surface area contributed by atoms with Gasteiger partial charge in [0.25, 0.3) is 10.0 Å². The van der Waals surface area contributed by atoms with Crippen LogP contribution in [0, 0.1) is 0 Å². The normalized spacial score (nSPS) is 13.4. The highest BCUT2D eigenvalue weighted by atomic mass is 35.5. The number of nitrogens with one attached hydrogen (secondary N) is 1. The van der Waals surface area contributed by atoms with E-state index in [1.165, 1.54) is 12.1 Å². The first-order valence-corrected chi connectivity index (χ1v) is 8.05. The van der Waals surface area contributed by atoms with Gasteiger partial charge in [0.05, 0.1) is 4.34 Å². The number of carboxylic acids is 1. The minimum absolute atomic E-state index is 0.0234. The van der Waals surface area contributed by atoms with Crippen molar-refractivity contribution in [2.75, 3.05) is 0 Å². The zero-order valence-electron chi connectivity index (χ0n) is 9.72. The number of carbonyl (C=O) groups is 1. The Morgan fingerprint density at radius 3 is 2.67 bits per heavy atom. The van der Waals surface area contributed by atoms with Crippen molar-refractivity contribution in [2.45, 2.75) is 36.4 Å². The van der Waals surface area contributed by atoms with Gasteiger partial charge in [0.15, 0.2) is 0 Å². The predicted molar refractivity (Wildman–Crippen MR) is 70.6 cm³/mol. The Kier molecular flexibility index (Phi) is 5.58. The van der Waals surface area contributed by atoms with Crippen LogP contribution in [0.4, 0.5) is 0 Å². The van der Waals surface area contributed by atoms with E-state index in [1.54, 1.807) is 0 Å². The molecule has 0 bridgehead atoms. The fourth-order valence-corrected chi connectivity index (χ4v) is 4.05. The van der Waals surface area contributed by atoms with Crippen molar-refractivity contribution in [3.8, 4) is 0 Å². The summed E-state index contributed by atoms with van der Waals surface area (Å²) in [5, 5.41) is 8.97. The van der Waals surface area contributed by atoms with E-state index in [-0.39, 0.29) is 10.6 Å². The van der Waals surface area contributed by atoms with Crippen molar-refractivity contribution < 1.29 is 18.3 Å². The van der Waals surface area contributed by atoms with Crippen molar-refractivity contribution in [1.82, 2.24) is 4.72 Å². The van der Waals surface area contributed by atoms with Gasteiger partial charge in [-0.1, -0.05) is 31.4 Å². The highest BCUT2D eigenvalue weighted by Crippen LogP contribution is 2.25. The number of halogens is 1. The summed E-state index contributed by atoms with van der Waals surface area (Å²) in [7, 11) is -3.81. The van der Waals surface area contributed by atoms with Gasteiger partial charge in [0.2, 0.25) is 0 Å². The molecule has 1 rings (SSSR count). The molecule has 0 aliphatic rings. The molecule has 0 aliphatic carbocycles. The number of aliphatic carboxylic acids is 1. The molecule has 1 aromatic rings. The third-order valence-corrected chi connectivity index (χ3v) is 5.45. The standard InChI is InChI=1S/C10H14ClNO4S2/c1-2-3-4-7(10(13)14)12-18(15,16)9-6-5-8(11)17-9/h5-7,12H,2-4H2,1H3,(H,13,14). The third-order valence-electron chi connectivity index (χ3n) is 2.26. The molecule has 0 aliphatic heterocycles. The number of carboxylic acid groups (broad SMARTS) is 1. The maximum atomic E-state index is 11.9. The molecule has 2 N–H and O–H groups in total. The Labute approximate surface area is 115 Å². The van der Waals surface area contributed by atoms with E-state index in [0.717, 1.165) is 17.8 Å². The van der Waals surface area contributed by atoms with E-state index in [4.69, 9.17) is 16.7 Å². The summed E-state index contributed by atoms with van der Waals surface area (Å²) in [5.74, 6) is -1.17. The van der Waals surface area contributed by atoms with Crippen molar-refractivity contribution in [3.63, 3.8) is 0 Å². The van der Waals surface area contributed by atoms with Gasteiger partial charge in [-0.05, 0) is 18.6 Å². The molecule has 0 aromatic carbocycles. The second-order valence-corrected chi connectivity index (χ2v) is 7.37. The smallest absolute Gasteiger partial charge is 0.321 e. The second-order valence-electron chi connectivity index (χ2n) is 3.71. The molecule has 1 aromatic heterocycles. The Hall–Kier alpha value is -0.630. The Bertz CT molecular complexity index is 512. The average molecular weight is 312 g/mol. The summed E-state index contributed by atoms with van der Waals surface area (Å²) < 4.78 is 26.4. The molecule has 18 heavy (non-hydrogen) atoms. The Balaban J connectivity index is 2.82.